The van der Waals surface area contributed by atoms with Crippen LogP contribution in [0.5, 0.6) is 5.75 Å². The number of fused-ring (bicyclic) bond motifs is 3. The van der Waals surface area contributed by atoms with Crippen LogP contribution in [-0.4, -0.2) is 36.2 Å². The zero-order chi connectivity index (χ0) is 23.7. The molecule has 0 bridgehead atoms. The number of thiazole rings is 1. The number of aromatic nitrogens is 1. The number of hydrogen-bond acceptors (Lipinski definition) is 6. The van der Waals surface area contributed by atoms with Gasteiger partial charge in [-0.05, 0) is 49.2 Å². The lowest BCUT2D eigenvalue weighted by atomic mass is 9.95. The number of benzene rings is 2. The first-order chi connectivity index (χ1) is 16.5. The summed E-state index contributed by atoms with van der Waals surface area (Å²) in [5, 5.41) is 3.33. The number of nitrogens with one attached hydrogen (secondary N) is 1. The molecule has 34 heavy (non-hydrogen) atoms. The van der Waals surface area contributed by atoms with Crippen LogP contribution in [0.4, 0.5) is 5.13 Å². The normalized spacial score (nSPS) is 15.9. The van der Waals surface area contributed by atoms with Gasteiger partial charge in [-0.3, -0.25) is 10.1 Å². The van der Waals surface area contributed by atoms with Crippen LogP contribution in [0.3, 0.4) is 0 Å². The Morgan fingerprint density at radius 3 is 2.59 bits per heavy atom. The summed E-state index contributed by atoms with van der Waals surface area (Å²) in [6.45, 7) is 2.74. The maximum Gasteiger partial charge on any atom is 0.257 e. The monoisotopic (exact) mass is 497 g/mol. The minimum Gasteiger partial charge on any atom is -0.487 e. The lowest BCUT2D eigenvalue weighted by Crippen LogP contribution is -2.41. The van der Waals surface area contributed by atoms with E-state index in [2.05, 4.69) is 10.3 Å². The predicted molar refractivity (Wildman–Crippen MR) is 133 cm³/mol. The Morgan fingerprint density at radius 1 is 1.12 bits per heavy atom. The number of amides is 1. The van der Waals surface area contributed by atoms with E-state index >= 15 is 0 Å². The molecule has 0 saturated heterocycles. The summed E-state index contributed by atoms with van der Waals surface area (Å²) in [4.78, 5) is 18.6. The molecule has 0 spiro atoms. The first-order valence-electron chi connectivity index (χ1n) is 11.6. The van der Waals surface area contributed by atoms with Gasteiger partial charge in [0.15, 0.2) is 5.13 Å². The zero-order valence-electron chi connectivity index (χ0n) is 19.0. The Labute approximate surface area is 203 Å². The number of carbonyl (C=O) groups is 1. The fourth-order valence-electron chi connectivity index (χ4n) is 4.72. The summed E-state index contributed by atoms with van der Waals surface area (Å²) in [6, 6.07) is 13.9. The molecule has 2 aromatic carbocycles. The molecule has 1 amide bonds. The third-order valence-corrected chi connectivity index (χ3v) is 9.42. The van der Waals surface area contributed by atoms with Crippen molar-refractivity contribution in [3.63, 3.8) is 0 Å². The highest BCUT2D eigenvalue weighted by atomic mass is 32.2. The molecule has 7 nitrogen and oxygen atoms in total. The van der Waals surface area contributed by atoms with Crippen LogP contribution in [0, 0.1) is 0 Å². The van der Waals surface area contributed by atoms with E-state index in [9.17, 15) is 13.2 Å². The zero-order valence-corrected chi connectivity index (χ0v) is 20.6. The second kappa shape index (κ2) is 9.48. The Balaban J connectivity index is 1.31. The first kappa shape index (κ1) is 23.0. The second-order valence-electron chi connectivity index (χ2n) is 8.55. The van der Waals surface area contributed by atoms with Gasteiger partial charge in [0.25, 0.3) is 5.91 Å². The third kappa shape index (κ3) is 4.35. The molecule has 3 aromatic rings. The van der Waals surface area contributed by atoms with E-state index in [1.54, 1.807) is 16.4 Å². The number of carbonyl (C=O) groups excluding carboxylic acids is 1. The maximum atomic E-state index is 13.3. The highest BCUT2D eigenvalue weighted by Gasteiger charge is 2.31. The van der Waals surface area contributed by atoms with E-state index in [1.165, 1.54) is 29.9 Å². The van der Waals surface area contributed by atoms with Gasteiger partial charge in [-0.15, -0.1) is 0 Å². The van der Waals surface area contributed by atoms with Crippen LogP contribution in [-0.2, 0) is 16.6 Å². The first-order valence-corrected chi connectivity index (χ1v) is 13.9. The minimum atomic E-state index is -3.61. The lowest BCUT2D eigenvalue weighted by Gasteiger charge is -2.32. The second-order valence-corrected chi connectivity index (χ2v) is 11.5. The fraction of sp³-hybridized carbons (Fsp3) is 0.360. The summed E-state index contributed by atoms with van der Waals surface area (Å²) in [6.07, 6.45) is 5.10. The molecule has 1 N–H and O–H groups in total. The Kier molecular flexibility index (Phi) is 6.42. The molecule has 1 aliphatic heterocycles. The molecule has 9 heteroatoms. The van der Waals surface area contributed by atoms with Crippen molar-refractivity contribution in [3.8, 4) is 17.0 Å². The molecule has 1 aliphatic carbocycles. The number of hydrogen-bond donors (Lipinski definition) is 1. The van der Waals surface area contributed by atoms with E-state index in [-0.39, 0.29) is 16.8 Å². The van der Waals surface area contributed by atoms with Crippen molar-refractivity contribution in [2.45, 2.75) is 56.6 Å². The summed E-state index contributed by atoms with van der Waals surface area (Å²) in [5.41, 5.74) is 2.11. The van der Waals surface area contributed by atoms with Gasteiger partial charge in [-0.2, -0.15) is 4.31 Å². The molecular formula is C25H27N3O4S2. The number of anilines is 1. The van der Waals surface area contributed by atoms with Gasteiger partial charge in [-0.25, -0.2) is 13.4 Å². The molecule has 1 aromatic heterocycles. The summed E-state index contributed by atoms with van der Waals surface area (Å²) < 4.78 is 33.9. The Morgan fingerprint density at radius 2 is 1.85 bits per heavy atom. The van der Waals surface area contributed by atoms with Gasteiger partial charge >= 0.3 is 0 Å². The molecule has 2 heterocycles. The van der Waals surface area contributed by atoms with Crippen LogP contribution >= 0.6 is 11.3 Å². The number of nitrogens with zero attached hydrogens (tertiary/aromatic N) is 2. The van der Waals surface area contributed by atoms with Crippen LogP contribution in [0.25, 0.3) is 11.3 Å². The topological polar surface area (TPSA) is 88.6 Å². The highest BCUT2D eigenvalue weighted by Crippen LogP contribution is 2.40. The van der Waals surface area contributed by atoms with Crippen molar-refractivity contribution in [3.05, 3.63) is 59.0 Å². The Hall–Kier alpha value is -2.75. The molecule has 1 saturated carbocycles. The smallest absolute Gasteiger partial charge is 0.257 e. The fourth-order valence-corrected chi connectivity index (χ4v) is 7.30. The quantitative estimate of drug-likeness (QED) is 0.499. The molecule has 0 atom stereocenters. The number of para-hydroxylation sites is 1. The molecule has 178 valence electrons. The van der Waals surface area contributed by atoms with Gasteiger partial charge in [0, 0.05) is 23.7 Å². The van der Waals surface area contributed by atoms with Gasteiger partial charge in [0.1, 0.15) is 12.4 Å². The van der Waals surface area contributed by atoms with E-state index in [1.807, 2.05) is 31.2 Å². The Bertz CT molecular complexity index is 1300. The molecule has 0 radical (unpaired) electrons. The lowest BCUT2D eigenvalue weighted by molar-refractivity contribution is 0.102. The number of sulfonamides is 1. The van der Waals surface area contributed by atoms with Crippen LogP contribution in [0.2, 0.25) is 0 Å². The summed E-state index contributed by atoms with van der Waals surface area (Å²) in [7, 11) is -3.61. The largest absolute Gasteiger partial charge is 0.487 e. The van der Waals surface area contributed by atoms with Crippen molar-refractivity contribution in [1.29, 1.82) is 0 Å². The molecular weight excluding hydrogens is 470 g/mol. The van der Waals surface area contributed by atoms with E-state index < -0.39 is 10.0 Å². The van der Waals surface area contributed by atoms with Crippen LogP contribution in [0.1, 0.15) is 54.3 Å². The SMILES string of the molecule is CCN(C1CCCCC1)S(=O)(=O)c1ccc(C(=O)Nc2nc3c(s2)COc2ccccc2-3)cc1. The number of rotatable bonds is 6. The molecule has 1 fully saturated rings. The van der Waals surface area contributed by atoms with Gasteiger partial charge in [-0.1, -0.05) is 49.7 Å². The molecule has 2 aliphatic rings. The van der Waals surface area contributed by atoms with Crippen LogP contribution < -0.4 is 10.1 Å². The van der Waals surface area contributed by atoms with Crippen molar-refractivity contribution in [2.75, 3.05) is 11.9 Å². The van der Waals surface area contributed by atoms with E-state index in [4.69, 9.17) is 4.74 Å². The van der Waals surface area contributed by atoms with E-state index in [0.29, 0.717) is 23.8 Å². The van der Waals surface area contributed by atoms with E-state index in [0.717, 1.165) is 47.6 Å². The average molecular weight is 498 g/mol. The standard InChI is InChI=1S/C25H27N3O4S2/c1-2-28(18-8-4-3-5-9-18)34(30,31)19-14-12-17(13-15-19)24(29)27-25-26-23-20-10-6-7-11-21(20)32-16-22(23)33-25/h6-7,10-15,18H,2-5,8-9,16H2,1H3,(H,26,27,29). The predicted octanol–water partition coefficient (Wildman–Crippen LogP) is 5.30. The van der Waals surface area contributed by atoms with Crippen molar-refractivity contribution in [2.24, 2.45) is 0 Å². The average Bonchev–Trinajstić information content (AvgIpc) is 3.28. The summed E-state index contributed by atoms with van der Waals surface area (Å²) >= 11 is 1.38. The minimum absolute atomic E-state index is 0.0526. The molecule has 0 unspecified atom stereocenters. The summed E-state index contributed by atoms with van der Waals surface area (Å²) in [5.74, 6) is 0.452. The number of ether oxygens (including phenoxy) is 1. The van der Waals surface area contributed by atoms with Crippen molar-refractivity contribution >= 4 is 32.4 Å². The van der Waals surface area contributed by atoms with Crippen molar-refractivity contribution < 1.29 is 17.9 Å². The maximum absolute atomic E-state index is 13.3. The highest BCUT2D eigenvalue weighted by molar-refractivity contribution is 7.89. The van der Waals surface area contributed by atoms with Gasteiger partial charge in [0.2, 0.25) is 10.0 Å². The van der Waals surface area contributed by atoms with Gasteiger partial charge < -0.3 is 4.74 Å². The third-order valence-electron chi connectivity index (χ3n) is 6.44. The van der Waals surface area contributed by atoms with Gasteiger partial charge in [0.05, 0.1) is 15.5 Å². The van der Waals surface area contributed by atoms with Crippen LogP contribution in [0.15, 0.2) is 53.4 Å². The van der Waals surface area contributed by atoms with Crippen molar-refractivity contribution in [1.82, 2.24) is 9.29 Å². The molecule has 5 rings (SSSR count).